The van der Waals surface area contributed by atoms with Gasteiger partial charge in [-0.3, -0.25) is 9.69 Å². The normalized spacial score (nSPS) is 22.8. The second-order valence-electron chi connectivity index (χ2n) is 12.1. The van der Waals surface area contributed by atoms with Gasteiger partial charge in [-0.15, -0.1) is 11.3 Å². The molecule has 6 heterocycles. The number of morpholine rings is 1. The van der Waals surface area contributed by atoms with Crippen molar-refractivity contribution in [3.05, 3.63) is 46.7 Å². The minimum atomic E-state index is -4.26. The summed E-state index contributed by atoms with van der Waals surface area (Å²) < 4.78 is 46.6. The topological polar surface area (TPSA) is 125 Å². The number of carbonyl (C=O) groups excluding carboxylic acids is 1. The van der Waals surface area contributed by atoms with Crippen LogP contribution in [0.15, 0.2) is 30.6 Å². The summed E-state index contributed by atoms with van der Waals surface area (Å²) in [6.07, 6.45) is -2.03. The van der Waals surface area contributed by atoms with Gasteiger partial charge in [0.05, 0.1) is 30.0 Å². The fraction of sp³-hybridized carbons (Fsp3) is 0.467. The molecule has 3 aliphatic heterocycles. The average Bonchev–Trinajstić information content (AvgIpc) is 3.76. The lowest BCUT2D eigenvalue weighted by Gasteiger charge is -2.26. The van der Waals surface area contributed by atoms with Gasteiger partial charge in [0, 0.05) is 54.1 Å². The number of benzene rings is 1. The number of nitrogens with two attached hydrogens (primary N) is 1. The Bertz CT molecular complexity index is 1790. The highest BCUT2D eigenvalue weighted by atomic mass is 32.1. The molecule has 0 bridgehead atoms. The Morgan fingerprint density at radius 3 is 2.80 bits per heavy atom. The molecule has 0 radical (unpaired) electrons. The van der Waals surface area contributed by atoms with Crippen molar-refractivity contribution in [1.29, 1.82) is 5.26 Å². The zero-order valence-corrected chi connectivity index (χ0v) is 24.7. The minimum absolute atomic E-state index is 0.00735. The van der Waals surface area contributed by atoms with E-state index < -0.39 is 12.6 Å². The number of aromatic nitrogens is 3. The van der Waals surface area contributed by atoms with Gasteiger partial charge in [-0.25, -0.2) is 9.97 Å². The Morgan fingerprint density at radius 1 is 1.18 bits per heavy atom. The highest BCUT2D eigenvalue weighted by Crippen LogP contribution is 2.43. The quantitative estimate of drug-likeness (QED) is 0.310. The molecular formula is C30H31F3N8O2S. The minimum Gasteiger partial charge on any atom is -0.398 e. The monoisotopic (exact) mass is 624 g/mol. The van der Waals surface area contributed by atoms with E-state index in [9.17, 15) is 23.2 Å². The van der Waals surface area contributed by atoms with Crippen LogP contribution < -0.4 is 16.0 Å². The molecule has 1 aromatic carbocycles. The van der Waals surface area contributed by atoms with Crippen molar-refractivity contribution in [2.45, 2.75) is 44.6 Å². The van der Waals surface area contributed by atoms with Crippen molar-refractivity contribution in [3.8, 4) is 6.07 Å². The molecule has 4 aromatic rings. The van der Waals surface area contributed by atoms with Crippen LogP contribution in [0, 0.1) is 16.7 Å². The molecule has 1 amide bonds. The first-order valence-corrected chi connectivity index (χ1v) is 15.4. The van der Waals surface area contributed by atoms with E-state index in [2.05, 4.69) is 31.2 Å². The van der Waals surface area contributed by atoms with Crippen LogP contribution >= 0.6 is 11.3 Å². The number of fused-ring (bicyclic) bond motifs is 2. The van der Waals surface area contributed by atoms with E-state index in [4.69, 9.17) is 10.5 Å². The maximum Gasteiger partial charge on any atom is 0.393 e. The molecule has 3 aromatic heterocycles. The zero-order chi connectivity index (χ0) is 30.6. The Kier molecular flexibility index (Phi) is 7.14. The number of halogens is 3. The molecular weight excluding hydrogens is 593 g/mol. The lowest BCUT2D eigenvalue weighted by atomic mass is 9.86. The molecule has 14 heteroatoms. The van der Waals surface area contributed by atoms with Crippen LogP contribution in [0.4, 0.5) is 24.7 Å². The average molecular weight is 625 g/mol. The molecule has 44 heavy (non-hydrogen) atoms. The molecule has 3 N–H and O–H groups in total. The molecule has 0 saturated carbocycles. The van der Waals surface area contributed by atoms with Crippen molar-refractivity contribution in [2.75, 3.05) is 50.0 Å². The molecule has 10 nitrogen and oxygen atoms in total. The van der Waals surface area contributed by atoms with Gasteiger partial charge in [-0.1, -0.05) is 6.07 Å². The van der Waals surface area contributed by atoms with Crippen LogP contribution in [-0.2, 0) is 29.0 Å². The summed E-state index contributed by atoms with van der Waals surface area (Å²) in [7, 11) is 0. The number of likely N-dealkylation sites (tertiary alicyclic amines) is 1. The molecule has 3 saturated heterocycles. The van der Waals surface area contributed by atoms with Gasteiger partial charge >= 0.3 is 6.18 Å². The predicted molar refractivity (Wildman–Crippen MR) is 160 cm³/mol. The molecule has 1 unspecified atom stereocenters. The van der Waals surface area contributed by atoms with Gasteiger partial charge in [-0.05, 0) is 43.1 Å². The van der Waals surface area contributed by atoms with Crippen molar-refractivity contribution in [3.63, 3.8) is 0 Å². The van der Waals surface area contributed by atoms with E-state index in [0.29, 0.717) is 47.1 Å². The predicted octanol–water partition coefficient (Wildman–Crippen LogP) is 3.82. The highest BCUT2D eigenvalue weighted by molar-refractivity contribution is 7.18. The molecule has 0 aliphatic carbocycles. The van der Waals surface area contributed by atoms with Crippen molar-refractivity contribution >= 4 is 49.9 Å². The summed E-state index contributed by atoms with van der Waals surface area (Å²) >= 11 is 1.08. The largest absolute Gasteiger partial charge is 0.398 e. The maximum absolute atomic E-state index is 13.0. The van der Waals surface area contributed by atoms with Crippen LogP contribution in [-0.4, -0.2) is 77.0 Å². The van der Waals surface area contributed by atoms with Gasteiger partial charge in [0.2, 0.25) is 5.91 Å². The number of rotatable bonds is 6. The molecule has 230 valence electrons. The number of nitrogens with one attached hydrogen (secondary N) is 1. The van der Waals surface area contributed by atoms with Gasteiger partial charge < -0.3 is 25.3 Å². The van der Waals surface area contributed by atoms with Crippen LogP contribution in [0.3, 0.4) is 0 Å². The second-order valence-corrected chi connectivity index (χ2v) is 13.2. The maximum atomic E-state index is 13.0. The van der Waals surface area contributed by atoms with Crippen LogP contribution in [0.25, 0.3) is 21.1 Å². The third kappa shape index (κ3) is 5.44. The van der Waals surface area contributed by atoms with Crippen LogP contribution in [0.1, 0.15) is 29.0 Å². The lowest BCUT2D eigenvalue weighted by Crippen LogP contribution is -2.44. The summed E-state index contributed by atoms with van der Waals surface area (Å²) in [5.74, 6) is 0.567. The number of thiophene rings is 1. The number of alkyl halides is 3. The number of nitrogen functional groups attached to an aromatic ring is 1. The first kappa shape index (κ1) is 28.8. The Hall–Kier alpha value is -3.93. The number of ether oxygens (including phenoxy) is 1. The third-order valence-corrected chi connectivity index (χ3v) is 10.1. The van der Waals surface area contributed by atoms with E-state index in [1.54, 1.807) is 6.07 Å². The number of amides is 1. The molecule has 3 aliphatic rings. The lowest BCUT2D eigenvalue weighted by molar-refractivity contribution is -0.133. The summed E-state index contributed by atoms with van der Waals surface area (Å²) in [6.45, 7) is 4.87. The number of anilines is 2. The van der Waals surface area contributed by atoms with Crippen LogP contribution in [0.5, 0.6) is 0 Å². The van der Waals surface area contributed by atoms with E-state index in [1.807, 2.05) is 22.8 Å². The Balaban J connectivity index is 1.05. The third-order valence-electron chi connectivity index (χ3n) is 9.08. The fourth-order valence-corrected chi connectivity index (χ4v) is 7.98. The summed E-state index contributed by atoms with van der Waals surface area (Å²) in [4.78, 5) is 25.6. The SMILES string of the molecule is N#Cc1cc2c(N)c(CN3CCC4(CCN(c5ncnc6sc(CC(F)(F)F)cc56)C4)C3)ccc2n1C[C@@H]1CNC(=O)CO1. The Labute approximate surface area is 255 Å². The number of hydrogen-bond acceptors (Lipinski definition) is 9. The Morgan fingerprint density at radius 2 is 2.02 bits per heavy atom. The molecule has 1 spiro atoms. The molecule has 7 rings (SSSR count). The zero-order valence-electron chi connectivity index (χ0n) is 23.9. The first-order chi connectivity index (χ1) is 21.1. The smallest absolute Gasteiger partial charge is 0.393 e. The van der Waals surface area contributed by atoms with Crippen molar-refractivity contribution in [2.24, 2.45) is 5.41 Å². The number of carbonyl (C=O) groups is 1. The second kappa shape index (κ2) is 10.9. The van der Waals surface area contributed by atoms with Crippen molar-refractivity contribution in [1.82, 2.24) is 24.8 Å². The van der Waals surface area contributed by atoms with E-state index in [0.717, 1.165) is 66.8 Å². The van der Waals surface area contributed by atoms with Gasteiger partial charge in [0.15, 0.2) is 0 Å². The summed E-state index contributed by atoms with van der Waals surface area (Å²) in [6, 6.07) is 9.71. The number of nitriles is 1. The highest BCUT2D eigenvalue weighted by Gasteiger charge is 2.44. The number of nitrogens with zero attached hydrogens (tertiary/aromatic N) is 6. The van der Waals surface area contributed by atoms with Crippen LogP contribution in [0.2, 0.25) is 0 Å². The van der Waals surface area contributed by atoms with Crippen molar-refractivity contribution < 1.29 is 22.7 Å². The van der Waals surface area contributed by atoms with E-state index in [-0.39, 0.29) is 28.9 Å². The number of hydrogen-bond donors (Lipinski definition) is 2. The molecule has 2 atom stereocenters. The molecule has 3 fully saturated rings. The summed E-state index contributed by atoms with van der Waals surface area (Å²) in [5, 5.41) is 14.1. The van der Waals surface area contributed by atoms with E-state index in [1.165, 1.54) is 6.33 Å². The van der Waals surface area contributed by atoms with Gasteiger partial charge in [0.1, 0.15) is 35.3 Å². The first-order valence-electron chi connectivity index (χ1n) is 14.6. The van der Waals surface area contributed by atoms with Gasteiger partial charge in [-0.2, -0.15) is 18.4 Å². The van der Waals surface area contributed by atoms with Gasteiger partial charge in [0.25, 0.3) is 0 Å². The van der Waals surface area contributed by atoms with E-state index >= 15 is 0 Å². The fourth-order valence-electron chi connectivity index (χ4n) is 6.96. The standard InChI is InChI=1S/C30H31F3N8O2S/c31-30(32,33)9-21-8-23-27(37-17-38-28(23)44-21)40-6-4-29(16-40)3-5-39(15-29)12-18-1-2-24-22(26(18)35)7-19(10-34)41(24)13-20-11-36-25(42)14-43-20/h1-2,7-8,17,20H,3-6,9,11-16,35H2,(H,36,42)/t20-,29?/m0/s1. The summed E-state index contributed by atoms with van der Waals surface area (Å²) in [5.41, 5.74) is 9.76.